The van der Waals surface area contributed by atoms with Crippen LogP contribution in [0.3, 0.4) is 0 Å². The highest BCUT2D eigenvalue weighted by Crippen LogP contribution is 2.36. The molecule has 41 heavy (non-hydrogen) atoms. The number of hydrogen-bond donors (Lipinski definition) is 0. The van der Waals surface area contributed by atoms with Crippen molar-refractivity contribution in [3.63, 3.8) is 0 Å². The van der Waals surface area contributed by atoms with E-state index in [0.717, 1.165) is 66.7 Å². The van der Waals surface area contributed by atoms with E-state index in [9.17, 15) is 4.39 Å². The minimum Gasteiger partial charge on any atom is -0.456 e. The van der Waals surface area contributed by atoms with Crippen molar-refractivity contribution < 1.29 is 8.81 Å². The highest BCUT2D eigenvalue weighted by Gasteiger charge is 2.17. The molecule has 0 saturated carbocycles. The summed E-state index contributed by atoms with van der Waals surface area (Å²) in [6, 6.07) is 46.1. The number of fused-ring (bicyclic) bond motifs is 4. The van der Waals surface area contributed by atoms with Gasteiger partial charge in [0.25, 0.3) is 0 Å². The zero-order valence-electron chi connectivity index (χ0n) is 22.0. The molecule has 4 heteroatoms. The highest BCUT2D eigenvalue weighted by molar-refractivity contribution is 6.07. The third-order valence-electron chi connectivity index (χ3n) is 7.70. The number of rotatable bonds is 4. The van der Waals surface area contributed by atoms with Crippen LogP contribution in [0.1, 0.15) is 0 Å². The third kappa shape index (κ3) is 4.00. The average Bonchev–Trinajstić information content (AvgIpc) is 3.60. The highest BCUT2D eigenvalue weighted by atomic mass is 19.1. The van der Waals surface area contributed by atoms with Gasteiger partial charge in [0, 0.05) is 22.0 Å². The third-order valence-corrected chi connectivity index (χ3v) is 7.70. The summed E-state index contributed by atoms with van der Waals surface area (Å²) >= 11 is 0. The Morgan fingerprint density at radius 2 is 1.07 bits per heavy atom. The molecule has 194 valence electrons. The lowest BCUT2D eigenvalue weighted by molar-refractivity contribution is 0.628. The van der Waals surface area contributed by atoms with Crippen LogP contribution >= 0.6 is 0 Å². The quantitative estimate of drug-likeness (QED) is 0.227. The van der Waals surface area contributed by atoms with E-state index >= 15 is 0 Å². The van der Waals surface area contributed by atoms with Crippen LogP contribution in [-0.4, -0.2) is 9.55 Å². The van der Waals surface area contributed by atoms with Crippen LogP contribution in [0, 0.1) is 5.82 Å². The fourth-order valence-electron chi connectivity index (χ4n) is 5.65. The van der Waals surface area contributed by atoms with Crippen molar-refractivity contribution in [3.8, 4) is 39.3 Å². The van der Waals surface area contributed by atoms with E-state index in [4.69, 9.17) is 9.40 Å². The second kappa shape index (κ2) is 9.32. The van der Waals surface area contributed by atoms with Crippen LogP contribution in [0.2, 0.25) is 0 Å². The number of imidazole rings is 1. The summed E-state index contributed by atoms with van der Waals surface area (Å²) in [7, 11) is 0. The number of hydrogen-bond acceptors (Lipinski definition) is 2. The average molecular weight is 531 g/mol. The minimum atomic E-state index is -0.237. The van der Waals surface area contributed by atoms with E-state index in [1.54, 1.807) is 12.1 Å². The van der Waals surface area contributed by atoms with E-state index in [1.165, 1.54) is 17.7 Å². The summed E-state index contributed by atoms with van der Waals surface area (Å²) in [6.07, 6.45) is 0. The Morgan fingerprint density at radius 1 is 0.512 bits per heavy atom. The first kappa shape index (κ1) is 23.4. The topological polar surface area (TPSA) is 31.0 Å². The summed E-state index contributed by atoms with van der Waals surface area (Å²) in [5, 5.41) is 2.13. The molecular formula is C37H23FN2O. The SMILES string of the molecule is Fc1ccc(-c2ccc(-n3c(-c4ccc5oc6ccc(-c7ccccc7)cc6c5c4)nc4ccccc43)cc2)cc1. The Bertz CT molecular complexity index is 2190. The van der Waals surface area contributed by atoms with Crippen LogP contribution in [-0.2, 0) is 0 Å². The van der Waals surface area contributed by atoms with Gasteiger partial charge in [0.2, 0.25) is 0 Å². The van der Waals surface area contributed by atoms with Gasteiger partial charge in [-0.3, -0.25) is 4.57 Å². The molecule has 0 fully saturated rings. The number of furan rings is 1. The zero-order chi connectivity index (χ0) is 27.3. The van der Waals surface area contributed by atoms with Crippen LogP contribution in [0.25, 0.3) is 72.3 Å². The van der Waals surface area contributed by atoms with Gasteiger partial charge >= 0.3 is 0 Å². The van der Waals surface area contributed by atoms with Gasteiger partial charge < -0.3 is 4.42 Å². The van der Waals surface area contributed by atoms with Gasteiger partial charge in [-0.2, -0.15) is 0 Å². The number of aromatic nitrogens is 2. The summed E-state index contributed by atoms with van der Waals surface area (Å²) < 4.78 is 21.9. The van der Waals surface area contributed by atoms with Crippen LogP contribution < -0.4 is 0 Å². The number of para-hydroxylation sites is 2. The van der Waals surface area contributed by atoms with Crippen molar-refractivity contribution in [2.24, 2.45) is 0 Å². The molecule has 0 spiro atoms. The van der Waals surface area contributed by atoms with Crippen LogP contribution in [0.5, 0.6) is 0 Å². The maximum Gasteiger partial charge on any atom is 0.145 e. The van der Waals surface area contributed by atoms with Gasteiger partial charge in [-0.15, -0.1) is 0 Å². The first-order valence-corrected chi connectivity index (χ1v) is 13.6. The van der Waals surface area contributed by atoms with Crippen molar-refractivity contribution in [2.45, 2.75) is 0 Å². The lowest BCUT2D eigenvalue weighted by Gasteiger charge is -2.11. The summed E-state index contributed by atoms with van der Waals surface area (Å²) in [6.45, 7) is 0. The zero-order valence-corrected chi connectivity index (χ0v) is 22.0. The monoisotopic (exact) mass is 530 g/mol. The molecule has 0 N–H and O–H groups in total. The molecule has 0 aliphatic heterocycles. The Labute approximate surface area is 235 Å². The molecule has 0 bridgehead atoms. The van der Waals surface area contributed by atoms with Crippen LogP contribution in [0.4, 0.5) is 4.39 Å². The molecular weight excluding hydrogens is 507 g/mol. The molecule has 0 radical (unpaired) electrons. The van der Waals surface area contributed by atoms with Gasteiger partial charge in [0.05, 0.1) is 11.0 Å². The maximum absolute atomic E-state index is 13.5. The van der Waals surface area contributed by atoms with Crippen molar-refractivity contribution in [2.75, 3.05) is 0 Å². The Balaban J connectivity index is 1.28. The van der Waals surface area contributed by atoms with Gasteiger partial charge in [-0.25, -0.2) is 9.37 Å². The van der Waals surface area contributed by atoms with Crippen molar-refractivity contribution >= 4 is 33.0 Å². The number of nitrogens with zero attached hydrogens (tertiary/aromatic N) is 2. The molecule has 8 aromatic rings. The Hall–Kier alpha value is -5.48. The fourth-order valence-corrected chi connectivity index (χ4v) is 5.65. The lowest BCUT2D eigenvalue weighted by atomic mass is 10.0. The molecule has 0 amide bonds. The Morgan fingerprint density at radius 3 is 1.80 bits per heavy atom. The first-order chi connectivity index (χ1) is 20.2. The molecule has 0 aliphatic carbocycles. The molecule has 0 atom stereocenters. The largest absolute Gasteiger partial charge is 0.456 e. The molecule has 0 aliphatic rings. The predicted molar refractivity (Wildman–Crippen MR) is 165 cm³/mol. The summed E-state index contributed by atoms with van der Waals surface area (Å²) in [5.41, 5.74) is 10.00. The fraction of sp³-hybridized carbons (Fsp3) is 0. The van der Waals surface area contributed by atoms with E-state index in [2.05, 4.69) is 89.5 Å². The smallest absolute Gasteiger partial charge is 0.145 e. The maximum atomic E-state index is 13.5. The first-order valence-electron chi connectivity index (χ1n) is 13.6. The normalized spacial score (nSPS) is 11.5. The molecule has 6 aromatic carbocycles. The van der Waals surface area contributed by atoms with E-state index in [0.29, 0.717) is 0 Å². The van der Waals surface area contributed by atoms with Crippen molar-refractivity contribution in [3.05, 3.63) is 145 Å². The minimum absolute atomic E-state index is 0.237. The lowest BCUT2D eigenvalue weighted by Crippen LogP contribution is -1.97. The molecule has 2 heterocycles. The molecule has 3 nitrogen and oxygen atoms in total. The summed E-state index contributed by atoms with van der Waals surface area (Å²) in [5.74, 6) is 0.620. The van der Waals surface area contributed by atoms with Gasteiger partial charge in [0.15, 0.2) is 0 Å². The molecule has 0 unspecified atom stereocenters. The second-order valence-corrected chi connectivity index (χ2v) is 10.2. The number of halogens is 1. The van der Waals surface area contributed by atoms with Crippen molar-refractivity contribution in [1.29, 1.82) is 0 Å². The molecule has 2 aromatic heterocycles. The molecule has 0 saturated heterocycles. The second-order valence-electron chi connectivity index (χ2n) is 10.2. The summed E-state index contributed by atoms with van der Waals surface area (Å²) in [4.78, 5) is 5.08. The van der Waals surface area contributed by atoms with Crippen LogP contribution in [0.15, 0.2) is 144 Å². The predicted octanol–water partition coefficient (Wildman–Crippen LogP) is 10.1. The van der Waals surface area contributed by atoms with Gasteiger partial charge in [0.1, 0.15) is 22.8 Å². The molecule has 8 rings (SSSR count). The van der Waals surface area contributed by atoms with Crippen molar-refractivity contribution in [1.82, 2.24) is 9.55 Å². The standard InChI is InChI=1S/C37H23FN2O/c38-29-16-10-25(11-17-29)26-12-18-30(19-13-26)40-34-9-5-4-8-33(34)39-37(40)28-15-21-36-32(23-28)31-22-27(14-20-35(31)41-36)24-6-2-1-3-7-24/h1-23H. The van der Waals surface area contributed by atoms with Gasteiger partial charge in [-0.1, -0.05) is 72.8 Å². The van der Waals surface area contributed by atoms with E-state index < -0.39 is 0 Å². The van der Waals surface area contributed by atoms with Gasteiger partial charge in [-0.05, 0) is 89.0 Å². The Kier molecular flexibility index (Phi) is 5.32. The van der Waals surface area contributed by atoms with E-state index in [1.807, 2.05) is 30.3 Å². The number of benzene rings is 6. The van der Waals surface area contributed by atoms with E-state index in [-0.39, 0.29) is 5.82 Å².